The number of benzene rings is 2. The number of aryl methyl sites for hydroxylation is 4. The zero-order chi connectivity index (χ0) is 20.1. The topological polar surface area (TPSA) is 77.2 Å². The summed E-state index contributed by atoms with van der Waals surface area (Å²) >= 11 is 1.20. The predicted octanol–water partition coefficient (Wildman–Crippen LogP) is 4.61. The Bertz CT molecular complexity index is 965. The van der Waals surface area contributed by atoms with E-state index in [1.54, 1.807) is 0 Å². The van der Waals surface area contributed by atoms with Gasteiger partial charge >= 0.3 is 0 Å². The maximum atomic E-state index is 12.2. The first-order valence-electron chi connectivity index (χ1n) is 8.93. The first kappa shape index (κ1) is 19.9. The summed E-state index contributed by atoms with van der Waals surface area (Å²) in [5, 5.41) is 11.2. The predicted molar refractivity (Wildman–Crippen MR) is 110 cm³/mol. The van der Waals surface area contributed by atoms with Crippen molar-refractivity contribution in [3.8, 4) is 5.75 Å². The molecule has 28 heavy (non-hydrogen) atoms. The van der Waals surface area contributed by atoms with E-state index < -0.39 is 0 Å². The van der Waals surface area contributed by atoms with Crippen molar-refractivity contribution in [2.24, 2.45) is 0 Å². The van der Waals surface area contributed by atoms with Gasteiger partial charge in [-0.3, -0.25) is 4.79 Å². The summed E-state index contributed by atoms with van der Waals surface area (Å²) in [6, 6.07) is 11.8. The number of hydrogen-bond acceptors (Lipinski definition) is 6. The van der Waals surface area contributed by atoms with Crippen molar-refractivity contribution in [1.82, 2.24) is 10.2 Å². The van der Waals surface area contributed by atoms with Gasteiger partial charge in [-0.05, 0) is 62.1 Å². The number of para-hydroxylation sites is 1. The number of nitrogens with one attached hydrogen (secondary N) is 1. The number of rotatable bonds is 7. The van der Waals surface area contributed by atoms with Crippen LogP contribution < -0.4 is 10.1 Å². The fourth-order valence-corrected chi connectivity index (χ4v) is 3.20. The molecule has 0 aliphatic rings. The van der Waals surface area contributed by atoms with E-state index >= 15 is 0 Å². The van der Waals surface area contributed by atoms with Gasteiger partial charge in [0.2, 0.25) is 5.91 Å². The normalized spacial score (nSPS) is 10.7. The number of hydrogen-bond donors (Lipinski definition) is 1. The monoisotopic (exact) mass is 397 g/mol. The van der Waals surface area contributed by atoms with Crippen LogP contribution in [-0.4, -0.2) is 21.9 Å². The van der Waals surface area contributed by atoms with Gasteiger partial charge in [0.25, 0.3) is 11.1 Å². The Morgan fingerprint density at radius 3 is 2.50 bits per heavy atom. The average molecular weight is 398 g/mol. The Kier molecular flexibility index (Phi) is 6.36. The summed E-state index contributed by atoms with van der Waals surface area (Å²) < 4.78 is 11.2. The van der Waals surface area contributed by atoms with Crippen LogP contribution in [0.2, 0.25) is 0 Å². The fourth-order valence-electron chi connectivity index (χ4n) is 2.62. The lowest BCUT2D eigenvalue weighted by molar-refractivity contribution is -0.113. The van der Waals surface area contributed by atoms with E-state index in [4.69, 9.17) is 9.15 Å². The van der Waals surface area contributed by atoms with Gasteiger partial charge in [0, 0.05) is 5.69 Å². The van der Waals surface area contributed by atoms with Crippen molar-refractivity contribution in [2.45, 2.75) is 39.5 Å². The minimum absolute atomic E-state index is 0.117. The molecule has 0 aliphatic carbocycles. The van der Waals surface area contributed by atoms with Crippen molar-refractivity contribution < 1.29 is 13.9 Å². The summed E-state index contributed by atoms with van der Waals surface area (Å²) in [5.41, 5.74) is 5.28. The van der Waals surface area contributed by atoms with E-state index in [2.05, 4.69) is 22.4 Å². The molecule has 0 bridgehead atoms. The highest BCUT2D eigenvalue weighted by atomic mass is 32.2. The van der Waals surface area contributed by atoms with Crippen molar-refractivity contribution in [1.29, 1.82) is 0 Å². The van der Waals surface area contributed by atoms with Gasteiger partial charge in [-0.25, -0.2) is 0 Å². The second-order valence-corrected chi connectivity index (χ2v) is 7.53. The molecule has 1 N–H and O–H groups in total. The molecule has 3 aromatic rings. The summed E-state index contributed by atoms with van der Waals surface area (Å²) in [7, 11) is 0. The molecule has 0 fully saturated rings. The van der Waals surface area contributed by atoms with Crippen molar-refractivity contribution >= 4 is 23.4 Å². The van der Waals surface area contributed by atoms with E-state index in [0.717, 1.165) is 28.1 Å². The third-order valence-corrected chi connectivity index (χ3v) is 5.18. The van der Waals surface area contributed by atoms with Crippen LogP contribution in [0.15, 0.2) is 46.0 Å². The smallest absolute Gasteiger partial charge is 0.277 e. The minimum atomic E-state index is -0.117. The van der Waals surface area contributed by atoms with Gasteiger partial charge in [0.05, 0.1) is 5.75 Å². The van der Waals surface area contributed by atoms with E-state index in [-0.39, 0.29) is 18.3 Å². The largest absolute Gasteiger partial charge is 0.484 e. The average Bonchev–Trinajstić information content (AvgIpc) is 3.12. The Balaban J connectivity index is 1.50. The zero-order valence-corrected chi connectivity index (χ0v) is 17.2. The molecule has 1 heterocycles. The number of nitrogens with zero attached hydrogens (tertiary/aromatic N) is 2. The Morgan fingerprint density at radius 1 is 1.04 bits per heavy atom. The highest BCUT2D eigenvalue weighted by molar-refractivity contribution is 7.99. The maximum absolute atomic E-state index is 12.2. The maximum Gasteiger partial charge on any atom is 0.277 e. The standard InChI is InChI=1S/C21H23N3O3S/c1-13-8-9-17(10-16(13)4)26-11-19-23-24-21(27-19)28-12-18(25)22-20-14(2)6-5-7-15(20)3/h5-10H,11-12H2,1-4H3,(H,22,25). The van der Waals surface area contributed by atoms with Crippen molar-refractivity contribution in [3.05, 3.63) is 64.5 Å². The molecule has 0 saturated heterocycles. The molecule has 1 aromatic heterocycles. The van der Waals surface area contributed by atoms with Crippen LogP contribution in [-0.2, 0) is 11.4 Å². The van der Waals surface area contributed by atoms with Crippen LogP contribution >= 0.6 is 11.8 Å². The summed E-state index contributed by atoms with van der Waals surface area (Å²) in [5.74, 6) is 1.20. The van der Waals surface area contributed by atoms with E-state index in [1.165, 1.54) is 17.3 Å². The Morgan fingerprint density at radius 2 is 1.79 bits per heavy atom. The van der Waals surface area contributed by atoms with Crippen LogP contribution in [0.5, 0.6) is 5.75 Å². The molecule has 0 unspecified atom stereocenters. The molecule has 0 aliphatic heterocycles. The molecule has 0 radical (unpaired) electrons. The lowest BCUT2D eigenvalue weighted by atomic mass is 10.1. The number of ether oxygens (including phenoxy) is 1. The molecule has 1 amide bonds. The van der Waals surface area contributed by atoms with Gasteiger partial charge < -0.3 is 14.5 Å². The second-order valence-electron chi connectivity index (χ2n) is 6.60. The van der Waals surface area contributed by atoms with E-state index in [0.29, 0.717) is 11.1 Å². The van der Waals surface area contributed by atoms with Crippen molar-refractivity contribution in [3.63, 3.8) is 0 Å². The third kappa shape index (κ3) is 5.13. The van der Waals surface area contributed by atoms with Crippen LogP contribution in [0.4, 0.5) is 5.69 Å². The first-order chi connectivity index (χ1) is 13.4. The first-order valence-corrected chi connectivity index (χ1v) is 9.92. The molecule has 0 spiro atoms. The van der Waals surface area contributed by atoms with Gasteiger partial charge in [0.1, 0.15) is 5.75 Å². The molecule has 7 heteroatoms. The zero-order valence-electron chi connectivity index (χ0n) is 16.4. The molecule has 146 valence electrons. The highest BCUT2D eigenvalue weighted by Crippen LogP contribution is 2.22. The van der Waals surface area contributed by atoms with E-state index in [1.807, 2.05) is 57.2 Å². The summed E-state index contributed by atoms with van der Waals surface area (Å²) in [6.07, 6.45) is 0. The number of thioether (sulfide) groups is 1. The molecule has 0 atom stereocenters. The van der Waals surface area contributed by atoms with E-state index in [9.17, 15) is 4.79 Å². The Labute approximate surface area is 168 Å². The quantitative estimate of drug-likeness (QED) is 0.587. The number of amides is 1. The number of carbonyl (C=O) groups is 1. The minimum Gasteiger partial charge on any atom is -0.484 e. The molecular weight excluding hydrogens is 374 g/mol. The molecule has 3 rings (SSSR count). The highest BCUT2D eigenvalue weighted by Gasteiger charge is 2.12. The van der Waals surface area contributed by atoms with Crippen LogP contribution in [0.1, 0.15) is 28.1 Å². The van der Waals surface area contributed by atoms with Crippen LogP contribution in [0, 0.1) is 27.7 Å². The number of anilines is 1. The van der Waals surface area contributed by atoms with Crippen molar-refractivity contribution in [2.75, 3.05) is 11.1 Å². The summed E-state index contributed by atoms with van der Waals surface area (Å²) in [6.45, 7) is 8.21. The second kappa shape index (κ2) is 8.93. The van der Waals surface area contributed by atoms with Gasteiger partial charge in [-0.15, -0.1) is 10.2 Å². The van der Waals surface area contributed by atoms with Gasteiger partial charge in [-0.2, -0.15) is 0 Å². The molecule has 0 saturated carbocycles. The SMILES string of the molecule is Cc1ccc(OCc2nnc(SCC(=O)Nc3c(C)cccc3C)o2)cc1C. The third-order valence-electron chi connectivity index (χ3n) is 4.36. The molecule has 6 nitrogen and oxygen atoms in total. The van der Waals surface area contributed by atoms with Gasteiger partial charge in [-0.1, -0.05) is 36.0 Å². The lowest BCUT2D eigenvalue weighted by Crippen LogP contribution is -2.15. The number of carbonyl (C=O) groups excluding carboxylic acids is 1. The lowest BCUT2D eigenvalue weighted by Gasteiger charge is -2.10. The van der Waals surface area contributed by atoms with Gasteiger partial charge in [0.15, 0.2) is 6.61 Å². The molecular formula is C21H23N3O3S. The molecule has 2 aromatic carbocycles. The van der Waals surface area contributed by atoms with Crippen LogP contribution in [0.25, 0.3) is 0 Å². The number of aromatic nitrogens is 2. The fraction of sp³-hybridized carbons (Fsp3) is 0.286. The van der Waals surface area contributed by atoms with Crippen LogP contribution in [0.3, 0.4) is 0 Å². The Hall–Kier alpha value is -2.80. The summed E-state index contributed by atoms with van der Waals surface area (Å²) in [4.78, 5) is 12.2.